The van der Waals surface area contributed by atoms with E-state index in [2.05, 4.69) is 22.1 Å². The number of nitrogens with zero attached hydrogens (tertiary/aromatic N) is 5. The van der Waals surface area contributed by atoms with E-state index in [0.717, 1.165) is 22.1 Å². The first kappa shape index (κ1) is 20.5. The second-order valence-electron chi connectivity index (χ2n) is 6.33. The summed E-state index contributed by atoms with van der Waals surface area (Å²) in [4.78, 5) is 18.6. The molecule has 0 saturated carbocycles. The molecular formula is C19H23N5O2S2. The van der Waals surface area contributed by atoms with Crippen molar-refractivity contribution in [2.45, 2.75) is 38.2 Å². The van der Waals surface area contributed by atoms with Crippen molar-refractivity contribution in [2.24, 2.45) is 0 Å². The van der Waals surface area contributed by atoms with E-state index in [1.165, 1.54) is 16.9 Å². The van der Waals surface area contributed by atoms with Crippen LogP contribution in [0, 0.1) is 13.8 Å². The van der Waals surface area contributed by atoms with E-state index in [-0.39, 0.29) is 5.91 Å². The van der Waals surface area contributed by atoms with Gasteiger partial charge < -0.3 is 9.30 Å². The lowest BCUT2D eigenvalue weighted by Gasteiger charge is -2.19. The summed E-state index contributed by atoms with van der Waals surface area (Å²) in [6.07, 6.45) is 1.70. The average molecular weight is 418 g/mol. The van der Waals surface area contributed by atoms with E-state index in [1.54, 1.807) is 37.0 Å². The Morgan fingerprint density at radius 3 is 2.86 bits per heavy atom. The zero-order valence-electron chi connectivity index (χ0n) is 16.4. The molecule has 0 aliphatic rings. The van der Waals surface area contributed by atoms with Crippen LogP contribution in [0.5, 0.6) is 0 Å². The highest BCUT2D eigenvalue weighted by Crippen LogP contribution is 2.31. The lowest BCUT2D eigenvalue weighted by atomic mass is 10.1. The van der Waals surface area contributed by atoms with Crippen molar-refractivity contribution < 1.29 is 9.53 Å². The summed E-state index contributed by atoms with van der Waals surface area (Å²) in [5.41, 5.74) is 4.08. The van der Waals surface area contributed by atoms with Crippen molar-refractivity contribution in [3.63, 3.8) is 0 Å². The van der Waals surface area contributed by atoms with Crippen molar-refractivity contribution in [2.75, 3.05) is 18.6 Å². The number of aromatic nitrogens is 4. The van der Waals surface area contributed by atoms with Crippen LogP contribution >= 0.6 is 23.1 Å². The van der Waals surface area contributed by atoms with Crippen LogP contribution in [-0.4, -0.2) is 39.4 Å². The molecule has 3 rings (SSSR count). The standard InChI is InChI=1S/C19H23N5O2S2/c1-13-5-6-17(9-14(13)2)24(15(3)25)18-21-16(10-27-18)11-28-19-22-20-12-23(19)7-8-26-4/h5-6,9-10,12H,7-8,11H2,1-4H3. The summed E-state index contributed by atoms with van der Waals surface area (Å²) in [6.45, 7) is 6.97. The van der Waals surface area contributed by atoms with Gasteiger partial charge in [0.15, 0.2) is 10.3 Å². The number of methoxy groups -OCH3 is 1. The van der Waals surface area contributed by atoms with E-state index in [9.17, 15) is 4.79 Å². The topological polar surface area (TPSA) is 73.1 Å². The minimum atomic E-state index is -0.0592. The van der Waals surface area contributed by atoms with Gasteiger partial charge in [0.1, 0.15) is 6.33 Å². The Morgan fingerprint density at radius 1 is 1.32 bits per heavy atom. The molecule has 0 atom stereocenters. The van der Waals surface area contributed by atoms with Gasteiger partial charge in [-0.05, 0) is 37.1 Å². The highest BCUT2D eigenvalue weighted by atomic mass is 32.2. The van der Waals surface area contributed by atoms with Gasteiger partial charge in [-0.25, -0.2) is 4.98 Å². The highest BCUT2D eigenvalue weighted by Gasteiger charge is 2.19. The smallest absolute Gasteiger partial charge is 0.230 e. The van der Waals surface area contributed by atoms with E-state index in [1.807, 2.05) is 35.1 Å². The second kappa shape index (κ2) is 9.31. The molecule has 2 heterocycles. The molecule has 0 fully saturated rings. The first-order chi connectivity index (χ1) is 13.5. The van der Waals surface area contributed by atoms with E-state index in [4.69, 9.17) is 4.74 Å². The van der Waals surface area contributed by atoms with Gasteiger partial charge in [0, 0.05) is 31.7 Å². The Labute approximate surface area is 172 Å². The van der Waals surface area contributed by atoms with Gasteiger partial charge in [-0.3, -0.25) is 9.69 Å². The monoisotopic (exact) mass is 417 g/mol. The largest absolute Gasteiger partial charge is 0.383 e. The van der Waals surface area contributed by atoms with Crippen molar-refractivity contribution in [3.05, 3.63) is 46.7 Å². The maximum atomic E-state index is 12.3. The van der Waals surface area contributed by atoms with Gasteiger partial charge >= 0.3 is 0 Å². The molecule has 1 amide bonds. The molecule has 0 unspecified atom stereocenters. The van der Waals surface area contributed by atoms with Crippen LogP contribution in [0.4, 0.5) is 10.8 Å². The number of thioether (sulfide) groups is 1. The molecule has 0 bridgehead atoms. The van der Waals surface area contributed by atoms with E-state index >= 15 is 0 Å². The van der Waals surface area contributed by atoms with Crippen molar-refractivity contribution in [1.82, 2.24) is 19.7 Å². The number of carbonyl (C=O) groups excluding carboxylic acids is 1. The third-order valence-electron chi connectivity index (χ3n) is 4.26. The molecule has 28 heavy (non-hydrogen) atoms. The summed E-state index contributed by atoms with van der Waals surface area (Å²) in [7, 11) is 1.67. The van der Waals surface area contributed by atoms with Gasteiger partial charge in [-0.1, -0.05) is 17.8 Å². The summed E-state index contributed by atoms with van der Waals surface area (Å²) in [6, 6.07) is 6.00. The fourth-order valence-electron chi connectivity index (χ4n) is 2.59. The van der Waals surface area contributed by atoms with Gasteiger partial charge in [0.2, 0.25) is 5.91 Å². The molecule has 3 aromatic rings. The molecule has 2 aromatic heterocycles. The molecule has 0 N–H and O–H groups in total. The zero-order valence-corrected chi connectivity index (χ0v) is 18.0. The van der Waals surface area contributed by atoms with Gasteiger partial charge in [0.25, 0.3) is 0 Å². The van der Waals surface area contributed by atoms with Gasteiger partial charge in [-0.15, -0.1) is 21.5 Å². The molecule has 7 nitrogen and oxygen atoms in total. The van der Waals surface area contributed by atoms with E-state index in [0.29, 0.717) is 24.0 Å². The predicted octanol–water partition coefficient (Wildman–Crippen LogP) is 3.97. The fraction of sp³-hybridized carbons (Fsp3) is 0.368. The highest BCUT2D eigenvalue weighted by molar-refractivity contribution is 7.98. The quantitative estimate of drug-likeness (QED) is 0.516. The fourth-order valence-corrected chi connectivity index (χ4v) is 4.42. The van der Waals surface area contributed by atoms with Crippen LogP contribution in [0.25, 0.3) is 0 Å². The van der Waals surface area contributed by atoms with E-state index < -0.39 is 0 Å². The number of hydrogen-bond acceptors (Lipinski definition) is 7. The Kier molecular flexibility index (Phi) is 6.82. The van der Waals surface area contributed by atoms with Crippen LogP contribution in [0.2, 0.25) is 0 Å². The van der Waals surface area contributed by atoms with Gasteiger partial charge in [-0.2, -0.15) is 0 Å². The Balaban J connectivity index is 1.74. The van der Waals surface area contributed by atoms with Crippen LogP contribution in [0.15, 0.2) is 35.1 Å². The molecule has 9 heteroatoms. The summed E-state index contributed by atoms with van der Waals surface area (Å²) < 4.78 is 7.07. The Morgan fingerprint density at radius 2 is 2.14 bits per heavy atom. The number of carbonyl (C=O) groups is 1. The third-order valence-corrected chi connectivity index (χ3v) is 6.15. The number of thiazole rings is 1. The Bertz CT molecular complexity index is 953. The molecule has 0 radical (unpaired) electrons. The summed E-state index contributed by atoms with van der Waals surface area (Å²) in [5.74, 6) is 0.594. The Hall–Kier alpha value is -2.23. The van der Waals surface area contributed by atoms with Gasteiger partial charge in [0.05, 0.1) is 18.0 Å². The van der Waals surface area contributed by atoms with Crippen molar-refractivity contribution in [1.29, 1.82) is 0 Å². The zero-order chi connectivity index (χ0) is 20.1. The number of aryl methyl sites for hydroxylation is 2. The minimum absolute atomic E-state index is 0.0592. The normalized spacial score (nSPS) is 11.0. The van der Waals surface area contributed by atoms with Crippen LogP contribution in [0.3, 0.4) is 0 Å². The number of ether oxygens (including phenoxy) is 1. The molecule has 0 aliphatic heterocycles. The first-order valence-electron chi connectivity index (χ1n) is 8.81. The first-order valence-corrected chi connectivity index (χ1v) is 10.7. The second-order valence-corrected chi connectivity index (χ2v) is 8.11. The lowest BCUT2D eigenvalue weighted by Crippen LogP contribution is -2.22. The number of anilines is 2. The SMILES string of the molecule is COCCn1cnnc1SCc1csc(N(C(C)=O)c2ccc(C)c(C)c2)n1. The maximum absolute atomic E-state index is 12.3. The van der Waals surface area contributed by atoms with Crippen LogP contribution in [-0.2, 0) is 21.8 Å². The molecule has 0 spiro atoms. The number of hydrogen-bond donors (Lipinski definition) is 0. The van der Waals surface area contributed by atoms with Crippen molar-refractivity contribution >= 4 is 39.8 Å². The summed E-state index contributed by atoms with van der Waals surface area (Å²) in [5, 5.41) is 11.6. The van der Waals surface area contributed by atoms with Crippen molar-refractivity contribution in [3.8, 4) is 0 Å². The average Bonchev–Trinajstić information content (AvgIpc) is 3.30. The molecule has 0 saturated heterocycles. The number of amides is 1. The predicted molar refractivity (Wildman–Crippen MR) is 112 cm³/mol. The molecule has 0 aliphatic carbocycles. The number of benzene rings is 1. The molecule has 1 aromatic carbocycles. The third kappa shape index (κ3) is 4.78. The maximum Gasteiger partial charge on any atom is 0.230 e. The molecule has 148 valence electrons. The minimum Gasteiger partial charge on any atom is -0.383 e. The van der Waals surface area contributed by atoms with Crippen LogP contribution in [0.1, 0.15) is 23.7 Å². The lowest BCUT2D eigenvalue weighted by molar-refractivity contribution is -0.115. The molecular weight excluding hydrogens is 394 g/mol. The van der Waals surface area contributed by atoms with Crippen LogP contribution < -0.4 is 4.90 Å². The summed E-state index contributed by atoms with van der Waals surface area (Å²) >= 11 is 3.03. The number of rotatable bonds is 8.